The molecule has 0 saturated carbocycles. The smallest absolute Gasteiger partial charge is 0.187 e. The van der Waals surface area contributed by atoms with Gasteiger partial charge in [-0.2, -0.15) is 0 Å². The van der Waals surface area contributed by atoms with Crippen molar-refractivity contribution >= 4 is 0 Å². The first-order valence-electron chi connectivity index (χ1n) is 17.4. The Morgan fingerprint density at radius 3 is 1.30 bits per heavy atom. The average molecular weight is 797 g/mol. The molecule has 24 heteroatoms. The van der Waals surface area contributed by atoms with E-state index >= 15 is 0 Å². The third-order valence-electron chi connectivity index (χ3n) is 10.1. The van der Waals surface area contributed by atoms with Crippen LogP contribution in [0.15, 0.2) is 0 Å². The highest BCUT2D eigenvalue weighted by Crippen LogP contribution is 2.35. The van der Waals surface area contributed by atoms with Gasteiger partial charge in [0, 0.05) is 12.8 Å². The van der Waals surface area contributed by atoms with Crippen molar-refractivity contribution in [3.05, 3.63) is 0 Å². The van der Waals surface area contributed by atoms with Crippen LogP contribution in [-0.4, -0.2) is 251 Å². The van der Waals surface area contributed by atoms with Gasteiger partial charge in [0.05, 0.1) is 51.3 Å². The molecule has 0 spiro atoms. The summed E-state index contributed by atoms with van der Waals surface area (Å²) in [7, 11) is 0. The van der Waals surface area contributed by atoms with Gasteiger partial charge < -0.3 is 119 Å². The summed E-state index contributed by atoms with van der Waals surface area (Å²) in [5, 5.41) is 155. The van der Waals surface area contributed by atoms with Gasteiger partial charge in [-0.25, -0.2) is 0 Å². The minimum atomic E-state index is -2.01. The highest BCUT2D eigenvalue weighted by atomic mass is 16.8. The molecule has 0 bridgehead atoms. The van der Waals surface area contributed by atoms with E-state index in [-0.39, 0.29) is 12.8 Å². The van der Waals surface area contributed by atoms with Crippen molar-refractivity contribution in [2.75, 3.05) is 33.0 Å². The molecule has 23 atom stereocenters. The van der Waals surface area contributed by atoms with Gasteiger partial charge >= 0.3 is 0 Å². The molecule has 54 heavy (non-hydrogen) atoms. The molecule has 5 aliphatic heterocycles. The Bertz CT molecular complexity index is 1140. The molecule has 316 valence electrons. The van der Waals surface area contributed by atoms with Crippen molar-refractivity contribution in [2.45, 2.75) is 154 Å². The molecule has 0 aromatic heterocycles. The molecule has 0 unspecified atom stereocenters. The Balaban J connectivity index is 1.20. The van der Waals surface area contributed by atoms with E-state index in [0.717, 1.165) is 0 Å². The Morgan fingerprint density at radius 2 is 0.796 bits per heavy atom. The summed E-state index contributed by atoms with van der Waals surface area (Å²) in [5.41, 5.74) is 0. The lowest BCUT2D eigenvalue weighted by molar-refractivity contribution is -0.385. The Labute approximate surface area is 306 Å². The summed E-state index contributed by atoms with van der Waals surface area (Å²) in [5.74, 6) is 0. The second-order valence-electron chi connectivity index (χ2n) is 13.7. The molecule has 0 aromatic rings. The van der Waals surface area contributed by atoms with Crippen molar-refractivity contribution in [1.29, 1.82) is 0 Å². The van der Waals surface area contributed by atoms with Crippen molar-refractivity contribution in [2.24, 2.45) is 0 Å². The summed E-state index contributed by atoms with van der Waals surface area (Å²) in [4.78, 5) is 0. The topological polar surface area (TPSA) is 387 Å². The van der Waals surface area contributed by atoms with Crippen LogP contribution in [0.3, 0.4) is 0 Å². The lowest BCUT2D eigenvalue weighted by atomic mass is 9.96. The SMILES string of the molecule is OC[C@@H]1C[C@H](O)[C@@H](O)[C@@H](O[C@H]2[C@H](O)C[C@@H](O[C@H]3[C@H](O)[C@@H](O)[C@@H](O[C@H]4[C@H](O)[C@@H](O)[C@@H](O[C@H]5[C@H](O)[C@@H](O)[C@@H](O)O[C@@H]5CO)O[C@@H]4CO)O[C@@H]3CO)O[C@@H]2CO)O1. The average Bonchev–Trinajstić information content (AvgIpc) is 3.16. The van der Waals surface area contributed by atoms with Crippen LogP contribution in [0.4, 0.5) is 0 Å². The number of rotatable bonds is 13. The lowest BCUT2D eigenvalue weighted by Crippen LogP contribution is -2.67. The number of hydrogen-bond acceptors (Lipinski definition) is 24. The maximum atomic E-state index is 11.1. The van der Waals surface area contributed by atoms with Crippen LogP contribution in [0.1, 0.15) is 12.8 Å². The molecule has 5 saturated heterocycles. The first-order valence-corrected chi connectivity index (χ1v) is 17.4. The van der Waals surface area contributed by atoms with Gasteiger partial charge in [0.25, 0.3) is 0 Å². The Morgan fingerprint density at radius 1 is 0.370 bits per heavy atom. The van der Waals surface area contributed by atoms with E-state index in [1.165, 1.54) is 0 Å². The maximum absolute atomic E-state index is 11.1. The normalized spacial score (nSPS) is 51.9. The third kappa shape index (κ3) is 9.33. The minimum Gasteiger partial charge on any atom is -0.394 e. The fourth-order valence-electron chi connectivity index (χ4n) is 7.01. The second-order valence-corrected chi connectivity index (χ2v) is 13.7. The third-order valence-corrected chi connectivity index (χ3v) is 10.1. The Hall–Kier alpha value is -0.960. The quantitative estimate of drug-likeness (QED) is 0.0822. The summed E-state index contributed by atoms with van der Waals surface area (Å²) in [6.07, 6.45) is -37.9. The van der Waals surface area contributed by atoms with Crippen molar-refractivity contribution < 1.29 is 119 Å². The molecule has 24 nitrogen and oxygen atoms in total. The zero-order valence-corrected chi connectivity index (χ0v) is 28.6. The molecule has 5 heterocycles. The highest BCUT2D eigenvalue weighted by Gasteiger charge is 2.54. The number of ether oxygens (including phenoxy) is 9. The zero-order chi connectivity index (χ0) is 39.6. The van der Waals surface area contributed by atoms with Crippen LogP contribution in [0.25, 0.3) is 0 Å². The van der Waals surface area contributed by atoms with Crippen LogP contribution in [0.5, 0.6) is 0 Å². The largest absolute Gasteiger partial charge is 0.394 e. The van der Waals surface area contributed by atoms with Crippen LogP contribution < -0.4 is 0 Å². The predicted octanol–water partition coefficient (Wildman–Crippen LogP) is -9.87. The molecule has 5 aliphatic rings. The van der Waals surface area contributed by atoms with E-state index in [2.05, 4.69) is 0 Å². The molecule has 5 rings (SSSR count). The summed E-state index contributed by atoms with van der Waals surface area (Å²) >= 11 is 0. The monoisotopic (exact) mass is 796 g/mol. The van der Waals surface area contributed by atoms with E-state index in [9.17, 15) is 76.6 Å². The van der Waals surface area contributed by atoms with E-state index in [0.29, 0.717) is 0 Å². The van der Waals surface area contributed by atoms with Gasteiger partial charge in [0.2, 0.25) is 0 Å². The summed E-state index contributed by atoms with van der Waals surface area (Å²) < 4.78 is 49.9. The highest BCUT2D eigenvalue weighted by molar-refractivity contribution is 4.97. The fraction of sp³-hybridized carbons (Fsp3) is 1.00. The van der Waals surface area contributed by atoms with Crippen LogP contribution >= 0.6 is 0 Å². The maximum Gasteiger partial charge on any atom is 0.187 e. The molecule has 15 N–H and O–H groups in total. The van der Waals surface area contributed by atoms with Crippen LogP contribution in [0, 0.1) is 0 Å². The van der Waals surface area contributed by atoms with Crippen molar-refractivity contribution in [3.8, 4) is 0 Å². The van der Waals surface area contributed by atoms with Gasteiger partial charge in [0.15, 0.2) is 31.5 Å². The summed E-state index contributed by atoms with van der Waals surface area (Å²) in [6.45, 7) is -3.85. The number of hydrogen-bond donors (Lipinski definition) is 15. The molecular formula is C30H52O24. The van der Waals surface area contributed by atoms with E-state index < -0.39 is 174 Å². The molecule has 0 radical (unpaired) electrons. The minimum absolute atomic E-state index is 0.0845. The van der Waals surface area contributed by atoms with E-state index in [1.807, 2.05) is 0 Å². The molecule has 0 aliphatic carbocycles. The van der Waals surface area contributed by atoms with E-state index in [4.69, 9.17) is 42.6 Å². The zero-order valence-electron chi connectivity index (χ0n) is 28.6. The predicted molar refractivity (Wildman–Crippen MR) is 164 cm³/mol. The van der Waals surface area contributed by atoms with Gasteiger partial charge in [-0.1, -0.05) is 0 Å². The standard InChI is InChI=1S/C30H52O24/c31-3-8-1-9(36)16(38)28(46-8)52-23-10(37)2-15(47-11(23)4-32)51-24-13(6-34)49-29(21(43)18(24)40)54-26-14(7-35)50-30(22(44)19(26)41)53-25-12(5-33)48-27(45)20(42)17(25)39/h8-45H,1-7H2/t8-,9-,10+,11+,12+,13+,14+,15+,16+,17+,18+,19+,20+,21+,22+,23-,24+,25+,26+,27-,28+,29+,30+/m0/s1. The van der Waals surface area contributed by atoms with Gasteiger partial charge in [-0.05, 0) is 0 Å². The summed E-state index contributed by atoms with van der Waals surface area (Å²) in [6, 6.07) is 0. The fourth-order valence-corrected chi connectivity index (χ4v) is 7.01. The van der Waals surface area contributed by atoms with Crippen molar-refractivity contribution in [1.82, 2.24) is 0 Å². The molecule has 0 amide bonds. The van der Waals surface area contributed by atoms with Gasteiger partial charge in [-0.15, -0.1) is 0 Å². The number of aliphatic hydroxyl groups excluding tert-OH is 15. The molecule has 5 fully saturated rings. The van der Waals surface area contributed by atoms with Gasteiger partial charge in [-0.3, -0.25) is 0 Å². The molecular weight excluding hydrogens is 744 g/mol. The first kappa shape index (κ1) is 44.1. The van der Waals surface area contributed by atoms with Crippen LogP contribution in [0.2, 0.25) is 0 Å². The lowest BCUT2D eigenvalue weighted by Gasteiger charge is -2.48. The van der Waals surface area contributed by atoms with Crippen molar-refractivity contribution in [3.63, 3.8) is 0 Å². The van der Waals surface area contributed by atoms with Gasteiger partial charge in [0.1, 0.15) is 91.6 Å². The van der Waals surface area contributed by atoms with E-state index in [1.54, 1.807) is 0 Å². The molecule has 0 aromatic carbocycles. The number of aliphatic hydroxyl groups is 15. The second kappa shape index (κ2) is 19.2. The first-order chi connectivity index (χ1) is 25.7. The van der Waals surface area contributed by atoms with Crippen LogP contribution in [-0.2, 0) is 42.6 Å². The Kier molecular flexibility index (Phi) is 15.7.